The predicted molar refractivity (Wildman–Crippen MR) is 101 cm³/mol. The van der Waals surface area contributed by atoms with E-state index in [0.717, 1.165) is 12.4 Å². The second-order valence-corrected chi connectivity index (χ2v) is 7.55. The third-order valence-electron chi connectivity index (χ3n) is 5.64. The van der Waals surface area contributed by atoms with E-state index in [1.54, 1.807) is 4.90 Å². The highest BCUT2D eigenvalue weighted by Crippen LogP contribution is 2.33. The third kappa shape index (κ3) is 3.89. The number of amides is 2. The molecule has 1 unspecified atom stereocenters. The average molecular weight is 419 g/mol. The Hall–Kier alpha value is -2.94. The van der Waals surface area contributed by atoms with Crippen LogP contribution in [0.1, 0.15) is 29.6 Å². The van der Waals surface area contributed by atoms with Crippen molar-refractivity contribution in [1.29, 1.82) is 0 Å². The van der Waals surface area contributed by atoms with Crippen LogP contribution in [0.4, 0.5) is 18.9 Å². The summed E-state index contributed by atoms with van der Waals surface area (Å²) in [6.07, 6.45) is 3.14. The molecule has 0 aliphatic carbocycles. The van der Waals surface area contributed by atoms with Gasteiger partial charge < -0.3 is 14.5 Å². The number of anilines is 1. The maximum absolute atomic E-state index is 14.0. The Morgan fingerprint density at radius 3 is 2.43 bits per heavy atom. The number of halogens is 3. The first-order chi connectivity index (χ1) is 14.4. The zero-order chi connectivity index (χ0) is 21.3. The molecule has 2 aromatic rings. The predicted octanol–water partition coefficient (Wildman–Crippen LogP) is 2.93. The molecule has 1 atom stereocenters. The SMILES string of the molecule is O=C(c1c(F)cncc1F)N1CCCC2(CC1)CN(c1ccc(F)cc1)C(=O)CO2. The van der Waals surface area contributed by atoms with Crippen molar-refractivity contribution in [2.45, 2.75) is 24.9 Å². The highest BCUT2D eigenvalue weighted by atomic mass is 19.1. The van der Waals surface area contributed by atoms with Crippen LogP contribution in [-0.4, -0.2) is 53.5 Å². The van der Waals surface area contributed by atoms with Crippen LogP contribution in [0.15, 0.2) is 36.7 Å². The fourth-order valence-corrected chi connectivity index (χ4v) is 4.02. The number of pyridine rings is 1. The van der Waals surface area contributed by atoms with Gasteiger partial charge in [0.1, 0.15) is 18.0 Å². The van der Waals surface area contributed by atoms with Crippen LogP contribution < -0.4 is 4.90 Å². The largest absolute Gasteiger partial charge is 0.363 e. The average Bonchev–Trinajstić information content (AvgIpc) is 2.93. The van der Waals surface area contributed by atoms with E-state index in [1.807, 2.05) is 0 Å². The minimum absolute atomic E-state index is 0.126. The van der Waals surface area contributed by atoms with Crippen molar-refractivity contribution in [3.05, 3.63) is 59.7 Å². The first-order valence-corrected chi connectivity index (χ1v) is 9.67. The number of likely N-dealkylation sites (tertiary alicyclic amines) is 1. The lowest BCUT2D eigenvalue weighted by atomic mass is 9.92. The number of nitrogens with zero attached hydrogens (tertiary/aromatic N) is 3. The first kappa shape index (κ1) is 20.3. The van der Waals surface area contributed by atoms with E-state index < -0.39 is 34.5 Å². The summed E-state index contributed by atoms with van der Waals surface area (Å²) >= 11 is 0. The second-order valence-electron chi connectivity index (χ2n) is 7.55. The van der Waals surface area contributed by atoms with Crippen LogP contribution in [0, 0.1) is 17.5 Å². The summed E-state index contributed by atoms with van der Waals surface area (Å²) in [5.74, 6) is -3.35. The van der Waals surface area contributed by atoms with Crippen molar-refractivity contribution < 1.29 is 27.5 Å². The maximum Gasteiger partial charge on any atom is 0.259 e. The van der Waals surface area contributed by atoms with Gasteiger partial charge in [0.05, 0.1) is 24.5 Å². The number of carbonyl (C=O) groups is 2. The molecule has 2 aliphatic rings. The zero-order valence-corrected chi connectivity index (χ0v) is 16.1. The Kier molecular flexibility index (Phi) is 5.46. The number of hydrogen-bond donors (Lipinski definition) is 0. The molecule has 0 bridgehead atoms. The van der Waals surface area contributed by atoms with E-state index in [4.69, 9.17) is 4.74 Å². The number of rotatable bonds is 2. The fourth-order valence-electron chi connectivity index (χ4n) is 4.02. The number of aromatic nitrogens is 1. The molecular weight excluding hydrogens is 399 g/mol. The number of benzene rings is 1. The van der Waals surface area contributed by atoms with Crippen molar-refractivity contribution in [3.8, 4) is 0 Å². The molecule has 0 radical (unpaired) electrons. The Labute approximate surface area is 171 Å². The van der Waals surface area contributed by atoms with Crippen molar-refractivity contribution in [2.75, 3.05) is 31.1 Å². The van der Waals surface area contributed by atoms with E-state index in [9.17, 15) is 22.8 Å². The van der Waals surface area contributed by atoms with Crippen molar-refractivity contribution in [2.24, 2.45) is 0 Å². The molecule has 1 aromatic carbocycles. The lowest BCUT2D eigenvalue weighted by Crippen LogP contribution is -2.55. The van der Waals surface area contributed by atoms with Gasteiger partial charge in [0, 0.05) is 18.8 Å². The molecule has 9 heteroatoms. The molecule has 1 spiro atoms. The van der Waals surface area contributed by atoms with Crippen molar-refractivity contribution >= 4 is 17.5 Å². The van der Waals surface area contributed by atoms with Gasteiger partial charge in [0.2, 0.25) is 0 Å². The minimum atomic E-state index is -0.999. The molecule has 2 saturated heterocycles. The van der Waals surface area contributed by atoms with E-state index in [1.165, 1.54) is 29.2 Å². The second kappa shape index (κ2) is 8.06. The number of hydrogen-bond acceptors (Lipinski definition) is 4. The van der Waals surface area contributed by atoms with Gasteiger partial charge in [0.15, 0.2) is 11.6 Å². The molecule has 2 aliphatic heterocycles. The summed E-state index contributed by atoms with van der Waals surface area (Å²) in [5.41, 5.74) is -0.733. The van der Waals surface area contributed by atoms with Gasteiger partial charge >= 0.3 is 0 Å². The molecule has 4 rings (SSSR count). The molecule has 3 heterocycles. The summed E-state index contributed by atoms with van der Waals surface area (Å²) in [6.45, 7) is 0.678. The number of morpholine rings is 1. The Balaban J connectivity index is 1.51. The number of ether oxygens (including phenoxy) is 1. The summed E-state index contributed by atoms with van der Waals surface area (Å²) in [4.78, 5) is 31.5. The lowest BCUT2D eigenvalue weighted by molar-refractivity contribution is -0.140. The monoisotopic (exact) mass is 419 g/mol. The Morgan fingerprint density at radius 2 is 1.73 bits per heavy atom. The summed E-state index contributed by atoms with van der Waals surface area (Å²) in [7, 11) is 0. The maximum atomic E-state index is 14.0. The van der Waals surface area contributed by atoms with Gasteiger partial charge in [-0.2, -0.15) is 0 Å². The normalized spacial score (nSPS) is 22.3. The van der Waals surface area contributed by atoms with Crippen molar-refractivity contribution in [1.82, 2.24) is 9.88 Å². The zero-order valence-electron chi connectivity index (χ0n) is 16.1. The van der Waals surface area contributed by atoms with E-state index in [0.29, 0.717) is 31.5 Å². The summed E-state index contributed by atoms with van der Waals surface area (Å²) in [6, 6.07) is 5.65. The van der Waals surface area contributed by atoms with Crippen LogP contribution in [0.3, 0.4) is 0 Å². The molecule has 0 saturated carbocycles. The summed E-state index contributed by atoms with van der Waals surface area (Å²) in [5, 5.41) is 0. The molecule has 1 aromatic heterocycles. The van der Waals surface area contributed by atoms with Crippen LogP contribution in [0.25, 0.3) is 0 Å². The molecule has 158 valence electrons. The standard InChI is InChI=1S/C21H20F3N3O3/c22-14-2-4-15(5-3-14)27-13-21(30-12-18(27)28)6-1-8-26(9-7-21)20(29)19-16(23)10-25-11-17(19)24/h2-5,10-11H,1,6-9,12-13H2. The van der Waals surface area contributed by atoms with E-state index in [2.05, 4.69) is 4.98 Å². The highest BCUT2D eigenvalue weighted by Gasteiger charge is 2.42. The van der Waals surface area contributed by atoms with Gasteiger partial charge in [-0.15, -0.1) is 0 Å². The molecule has 6 nitrogen and oxygen atoms in total. The van der Waals surface area contributed by atoms with Crippen molar-refractivity contribution in [3.63, 3.8) is 0 Å². The molecule has 0 N–H and O–H groups in total. The van der Waals surface area contributed by atoms with Gasteiger partial charge in [-0.3, -0.25) is 14.6 Å². The minimum Gasteiger partial charge on any atom is -0.363 e. The fraction of sp³-hybridized carbons (Fsp3) is 0.381. The van der Waals surface area contributed by atoms with E-state index in [-0.39, 0.29) is 25.6 Å². The van der Waals surface area contributed by atoms with Gasteiger partial charge in [-0.1, -0.05) is 0 Å². The highest BCUT2D eigenvalue weighted by molar-refractivity contribution is 5.95. The number of carbonyl (C=O) groups excluding carboxylic acids is 2. The Bertz CT molecular complexity index is 949. The molecular formula is C21H20F3N3O3. The molecule has 2 amide bonds. The summed E-state index contributed by atoms with van der Waals surface area (Å²) < 4.78 is 47.1. The lowest BCUT2D eigenvalue weighted by Gasteiger charge is -2.42. The topological polar surface area (TPSA) is 62.7 Å². The van der Waals surface area contributed by atoms with Crippen LogP contribution in [-0.2, 0) is 9.53 Å². The van der Waals surface area contributed by atoms with Gasteiger partial charge in [0.25, 0.3) is 11.8 Å². The van der Waals surface area contributed by atoms with Gasteiger partial charge in [-0.25, -0.2) is 13.2 Å². The van der Waals surface area contributed by atoms with Crippen LogP contribution >= 0.6 is 0 Å². The third-order valence-corrected chi connectivity index (χ3v) is 5.64. The van der Waals surface area contributed by atoms with Crippen LogP contribution in [0.5, 0.6) is 0 Å². The quantitative estimate of drug-likeness (QED) is 0.751. The molecule has 2 fully saturated rings. The first-order valence-electron chi connectivity index (χ1n) is 9.67. The smallest absolute Gasteiger partial charge is 0.259 e. The Morgan fingerprint density at radius 1 is 1.03 bits per heavy atom. The van der Waals surface area contributed by atoms with Gasteiger partial charge in [-0.05, 0) is 43.5 Å². The van der Waals surface area contributed by atoms with Crippen LogP contribution in [0.2, 0.25) is 0 Å². The van der Waals surface area contributed by atoms with E-state index >= 15 is 0 Å². The molecule has 30 heavy (non-hydrogen) atoms.